The summed E-state index contributed by atoms with van der Waals surface area (Å²) in [6, 6.07) is 0. The minimum Gasteiger partial charge on any atom is -0.462 e. The van der Waals surface area contributed by atoms with Crippen LogP contribution < -0.4 is 11.2 Å². The van der Waals surface area contributed by atoms with E-state index < -0.39 is 0 Å². The highest BCUT2D eigenvalue weighted by atomic mass is 32.1. The van der Waals surface area contributed by atoms with Gasteiger partial charge in [-0.1, -0.05) is 19.8 Å². The van der Waals surface area contributed by atoms with Crippen molar-refractivity contribution in [2.24, 2.45) is 16.8 Å². The highest BCUT2D eigenvalue weighted by molar-refractivity contribution is 7.80. The Morgan fingerprint density at radius 3 is 2.90 bits per heavy atom. The topological polar surface area (TPSA) is 76.7 Å². The quantitative estimate of drug-likeness (QED) is 0.237. The molecule has 1 saturated heterocycles. The van der Waals surface area contributed by atoms with Crippen molar-refractivity contribution in [2.45, 2.75) is 64.9 Å². The Kier molecular flexibility index (Phi) is 7.51. The van der Waals surface area contributed by atoms with Crippen LogP contribution in [0.3, 0.4) is 0 Å². The monoisotopic (exact) mass is 299 g/mol. The summed E-state index contributed by atoms with van der Waals surface area (Å²) < 4.78 is 5.42. The lowest BCUT2D eigenvalue weighted by Gasteiger charge is -2.07. The first-order valence-electron chi connectivity index (χ1n) is 7.32. The first-order valence-corrected chi connectivity index (χ1v) is 7.72. The number of rotatable bonds is 8. The molecular weight excluding hydrogens is 274 g/mol. The van der Waals surface area contributed by atoms with E-state index in [2.05, 4.69) is 29.7 Å². The number of unbranched alkanes of at least 4 members (excludes halogenated alkanes) is 2. The molecule has 0 aromatic heterocycles. The molecule has 5 nitrogen and oxygen atoms in total. The Morgan fingerprint density at radius 1 is 1.50 bits per heavy atom. The molecule has 1 aliphatic heterocycles. The van der Waals surface area contributed by atoms with E-state index in [1.807, 2.05) is 6.92 Å². The molecule has 1 fully saturated rings. The molecule has 0 saturated carbocycles. The van der Waals surface area contributed by atoms with Crippen molar-refractivity contribution in [3.05, 3.63) is 0 Å². The van der Waals surface area contributed by atoms with Gasteiger partial charge in [-0.3, -0.25) is 10.2 Å². The molecule has 0 radical (unpaired) electrons. The lowest BCUT2D eigenvalue weighted by molar-refractivity contribution is -0.144. The lowest BCUT2D eigenvalue weighted by atomic mass is 9.96. The van der Waals surface area contributed by atoms with Crippen LogP contribution in [0.5, 0.6) is 0 Å². The van der Waals surface area contributed by atoms with Crippen LogP contribution in [0, 0.1) is 5.92 Å². The average molecular weight is 299 g/mol. The number of hydrogen-bond acceptors (Lipinski definition) is 4. The fourth-order valence-electron chi connectivity index (χ4n) is 2.35. The fraction of sp³-hybridized carbons (Fsp3) is 0.786. The van der Waals surface area contributed by atoms with Gasteiger partial charge in [-0.2, -0.15) is 5.10 Å². The zero-order chi connectivity index (χ0) is 15.0. The number of nitrogens with zero attached hydrogens (tertiary/aromatic N) is 1. The Morgan fingerprint density at radius 2 is 2.25 bits per heavy atom. The third kappa shape index (κ3) is 6.32. The number of nitrogens with two attached hydrogens (primary N) is 1. The van der Waals surface area contributed by atoms with Gasteiger partial charge in [-0.25, -0.2) is 0 Å². The molecule has 0 aliphatic carbocycles. The molecule has 0 amide bonds. The van der Waals surface area contributed by atoms with Gasteiger partial charge in [0.25, 0.3) is 0 Å². The number of thiocarbonyl (C=S) groups is 1. The SMILES string of the molecule is CCCCC[C@@H]1C[C@H](CC/C(C)=N\NC(N)=S)C(=O)O1. The number of cyclic esters (lactones) is 1. The number of carbonyl (C=O) groups excluding carboxylic acids is 1. The van der Waals surface area contributed by atoms with Gasteiger partial charge in [0.2, 0.25) is 0 Å². The highest BCUT2D eigenvalue weighted by Crippen LogP contribution is 2.28. The van der Waals surface area contributed by atoms with Gasteiger partial charge in [0.15, 0.2) is 5.11 Å². The highest BCUT2D eigenvalue weighted by Gasteiger charge is 2.33. The Bertz CT molecular complexity index is 371. The third-order valence-electron chi connectivity index (χ3n) is 3.50. The van der Waals surface area contributed by atoms with Gasteiger partial charge < -0.3 is 10.5 Å². The second-order valence-corrected chi connectivity index (χ2v) is 5.79. The Hall–Kier alpha value is -1.17. The number of esters is 1. The van der Waals surface area contributed by atoms with E-state index in [-0.39, 0.29) is 23.1 Å². The molecule has 0 spiro atoms. The zero-order valence-corrected chi connectivity index (χ0v) is 13.2. The minimum atomic E-state index is -0.0541. The van der Waals surface area contributed by atoms with Crippen LogP contribution in [0.15, 0.2) is 5.10 Å². The van der Waals surface area contributed by atoms with Crippen molar-refractivity contribution < 1.29 is 9.53 Å². The van der Waals surface area contributed by atoms with E-state index in [4.69, 9.17) is 10.5 Å². The maximum absolute atomic E-state index is 11.8. The van der Waals surface area contributed by atoms with Crippen molar-refractivity contribution >= 4 is 29.0 Å². The van der Waals surface area contributed by atoms with Gasteiger partial charge in [-0.05, 0) is 51.2 Å². The van der Waals surface area contributed by atoms with Crippen molar-refractivity contribution in [3.8, 4) is 0 Å². The van der Waals surface area contributed by atoms with E-state index in [0.717, 1.165) is 37.8 Å². The van der Waals surface area contributed by atoms with Gasteiger partial charge in [-0.15, -0.1) is 0 Å². The van der Waals surface area contributed by atoms with Gasteiger partial charge >= 0.3 is 5.97 Å². The number of hydrazone groups is 1. The molecule has 1 rings (SSSR count). The predicted octanol–water partition coefficient (Wildman–Crippen LogP) is 2.49. The summed E-state index contributed by atoms with van der Waals surface area (Å²) in [5.74, 6) is -0.0433. The van der Waals surface area contributed by atoms with Crippen molar-refractivity contribution in [2.75, 3.05) is 0 Å². The number of carbonyl (C=O) groups is 1. The van der Waals surface area contributed by atoms with E-state index in [9.17, 15) is 4.79 Å². The van der Waals surface area contributed by atoms with Crippen LogP contribution >= 0.6 is 12.2 Å². The van der Waals surface area contributed by atoms with E-state index in [1.165, 1.54) is 12.8 Å². The second kappa shape index (κ2) is 8.89. The number of hydrogen-bond donors (Lipinski definition) is 2. The van der Waals surface area contributed by atoms with Crippen LogP contribution in [0.25, 0.3) is 0 Å². The number of ether oxygens (including phenoxy) is 1. The molecule has 20 heavy (non-hydrogen) atoms. The van der Waals surface area contributed by atoms with E-state index in [0.29, 0.717) is 0 Å². The van der Waals surface area contributed by atoms with Gasteiger partial charge in [0, 0.05) is 5.71 Å². The molecule has 0 aromatic rings. The van der Waals surface area contributed by atoms with E-state index >= 15 is 0 Å². The maximum atomic E-state index is 11.8. The second-order valence-electron chi connectivity index (χ2n) is 5.35. The first kappa shape index (κ1) is 16.9. The molecule has 1 heterocycles. The van der Waals surface area contributed by atoms with Crippen molar-refractivity contribution in [3.63, 3.8) is 0 Å². The standard InChI is InChI=1S/C14H25N3O2S/c1-3-4-5-6-12-9-11(13(18)19-12)8-7-10(2)16-17-14(15)20/h11-12H,3-9H2,1-2H3,(H3,15,17,20)/b16-10-/t11-,12+/m0/s1. The van der Waals surface area contributed by atoms with Gasteiger partial charge in [0.1, 0.15) is 6.10 Å². The molecule has 114 valence electrons. The van der Waals surface area contributed by atoms with Crippen LogP contribution in [0.1, 0.15) is 58.8 Å². The zero-order valence-electron chi connectivity index (χ0n) is 12.4. The summed E-state index contributed by atoms with van der Waals surface area (Å²) in [6.45, 7) is 4.07. The fourth-order valence-corrected chi connectivity index (χ4v) is 2.39. The molecule has 1 aliphatic rings. The normalized spacial score (nSPS) is 22.7. The summed E-state index contributed by atoms with van der Waals surface area (Å²) in [4.78, 5) is 11.8. The Balaban J connectivity index is 2.28. The molecule has 6 heteroatoms. The predicted molar refractivity (Wildman–Crippen MR) is 84.4 cm³/mol. The Labute approximate surface area is 126 Å². The molecule has 0 bridgehead atoms. The first-order chi connectivity index (χ1) is 9.52. The van der Waals surface area contributed by atoms with E-state index in [1.54, 1.807) is 0 Å². The molecule has 0 unspecified atom stereocenters. The smallest absolute Gasteiger partial charge is 0.309 e. The summed E-state index contributed by atoms with van der Waals surface area (Å²) in [5.41, 5.74) is 8.74. The maximum Gasteiger partial charge on any atom is 0.309 e. The summed E-state index contributed by atoms with van der Waals surface area (Å²) >= 11 is 4.68. The molecule has 3 N–H and O–H groups in total. The summed E-state index contributed by atoms with van der Waals surface area (Å²) in [6.07, 6.45) is 7.01. The van der Waals surface area contributed by atoms with Crippen molar-refractivity contribution in [1.29, 1.82) is 0 Å². The summed E-state index contributed by atoms with van der Waals surface area (Å²) in [7, 11) is 0. The van der Waals surface area contributed by atoms with Crippen LogP contribution in [-0.4, -0.2) is 22.9 Å². The van der Waals surface area contributed by atoms with Gasteiger partial charge in [0.05, 0.1) is 5.92 Å². The molecule has 0 aromatic carbocycles. The van der Waals surface area contributed by atoms with Crippen LogP contribution in [-0.2, 0) is 9.53 Å². The third-order valence-corrected chi connectivity index (χ3v) is 3.60. The summed E-state index contributed by atoms with van der Waals surface area (Å²) in [5, 5.41) is 4.19. The molecular formula is C14H25N3O2S. The minimum absolute atomic E-state index is 0.0107. The lowest BCUT2D eigenvalue weighted by Crippen LogP contribution is -2.25. The number of nitrogens with one attached hydrogen (secondary N) is 1. The van der Waals surface area contributed by atoms with Crippen LogP contribution in [0.4, 0.5) is 0 Å². The largest absolute Gasteiger partial charge is 0.462 e. The van der Waals surface area contributed by atoms with Crippen molar-refractivity contribution in [1.82, 2.24) is 5.43 Å². The molecule has 2 atom stereocenters. The van der Waals surface area contributed by atoms with Crippen LogP contribution in [0.2, 0.25) is 0 Å². The average Bonchev–Trinajstić information content (AvgIpc) is 2.75.